The van der Waals surface area contributed by atoms with Crippen LogP contribution in [0.4, 0.5) is 0 Å². The molecule has 0 saturated carbocycles. The van der Waals surface area contributed by atoms with Crippen molar-refractivity contribution in [2.75, 3.05) is 6.61 Å². The summed E-state index contributed by atoms with van der Waals surface area (Å²) >= 11 is 0. The molecule has 0 unspecified atom stereocenters. The van der Waals surface area contributed by atoms with Gasteiger partial charge in [0.05, 0.1) is 5.84 Å². The van der Waals surface area contributed by atoms with Crippen molar-refractivity contribution in [3.8, 4) is 0 Å². The average molecular weight is 104 g/mol. The summed E-state index contributed by atoms with van der Waals surface area (Å²) in [6, 6.07) is 0. The molecule has 0 atom stereocenters. The van der Waals surface area contributed by atoms with E-state index in [4.69, 9.17) is 16.2 Å². The molecule has 0 radical (unpaired) electrons. The Labute approximate surface area is 43.7 Å². The van der Waals surface area contributed by atoms with Gasteiger partial charge in [0, 0.05) is 6.61 Å². The Bertz CT molecular complexity index is 41.0. The molecule has 4 N–H and O–H groups in total. The van der Waals surface area contributed by atoms with Crippen LogP contribution < -0.4 is 5.73 Å². The predicted octanol–water partition coefficient (Wildman–Crippen LogP) is -0.0591. The maximum absolute atomic E-state index is 7.57. The first kappa shape index (κ1) is 9.66. The summed E-state index contributed by atoms with van der Waals surface area (Å²) < 4.78 is 0. The summed E-state index contributed by atoms with van der Waals surface area (Å²) in [5.41, 5.74) is 4.69. The molecule has 3 nitrogen and oxygen atoms in total. The van der Waals surface area contributed by atoms with Crippen LogP contribution in [0.3, 0.4) is 0 Å². The molecular weight excluding hydrogens is 92.1 g/mol. The van der Waals surface area contributed by atoms with Crippen molar-refractivity contribution in [1.29, 1.82) is 5.41 Å². The third-order valence-corrected chi connectivity index (χ3v) is 0. The minimum Gasteiger partial charge on any atom is -0.397 e. The maximum atomic E-state index is 7.57. The number of nitrogens with one attached hydrogen (secondary N) is 1. The van der Waals surface area contributed by atoms with E-state index in [0.717, 1.165) is 0 Å². The van der Waals surface area contributed by atoms with Gasteiger partial charge in [-0.3, -0.25) is 5.41 Å². The van der Waals surface area contributed by atoms with E-state index in [-0.39, 0.29) is 12.4 Å². The van der Waals surface area contributed by atoms with Crippen molar-refractivity contribution in [1.82, 2.24) is 0 Å². The van der Waals surface area contributed by atoms with Gasteiger partial charge in [0.1, 0.15) is 0 Å². The molecule has 0 aliphatic carbocycles. The van der Waals surface area contributed by atoms with E-state index >= 15 is 0 Å². The lowest BCUT2D eigenvalue weighted by Gasteiger charge is -1.66. The lowest BCUT2D eigenvalue weighted by atomic mass is 10.8. The lowest BCUT2D eigenvalue weighted by molar-refractivity contribution is 0.318. The highest BCUT2D eigenvalue weighted by Crippen LogP contribution is 1.36. The first-order chi connectivity index (χ1) is 3.15. The molecular formula is C4H12N2O. The van der Waals surface area contributed by atoms with Gasteiger partial charge in [-0.1, -0.05) is 0 Å². The van der Waals surface area contributed by atoms with Crippen molar-refractivity contribution >= 4 is 5.84 Å². The summed E-state index contributed by atoms with van der Waals surface area (Å²) in [7, 11) is 0. The zero-order valence-electron chi connectivity index (χ0n) is 4.73. The zero-order valence-corrected chi connectivity index (χ0v) is 4.73. The molecule has 0 aromatic heterocycles. The molecule has 0 fully saturated rings. The van der Waals surface area contributed by atoms with Crippen molar-refractivity contribution in [2.24, 2.45) is 5.73 Å². The molecule has 0 heterocycles. The molecule has 7 heavy (non-hydrogen) atoms. The Hall–Kier alpha value is -0.570. The van der Waals surface area contributed by atoms with Crippen molar-refractivity contribution in [2.45, 2.75) is 13.8 Å². The van der Waals surface area contributed by atoms with Crippen LogP contribution >= 0.6 is 0 Å². The third-order valence-electron chi connectivity index (χ3n) is 0. The van der Waals surface area contributed by atoms with Crippen molar-refractivity contribution in [3.05, 3.63) is 0 Å². The van der Waals surface area contributed by atoms with E-state index in [9.17, 15) is 0 Å². The largest absolute Gasteiger partial charge is 0.397 e. The number of aliphatic hydroxyl groups is 1. The fourth-order valence-corrected chi connectivity index (χ4v) is 0. The number of rotatable bonds is 0. The van der Waals surface area contributed by atoms with E-state index in [2.05, 4.69) is 0 Å². The SMILES string of the molecule is CC(=N)N.CCO. The summed E-state index contributed by atoms with van der Waals surface area (Å²) in [6.07, 6.45) is 0. The van der Waals surface area contributed by atoms with Gasteiger partial charge in [0.2, 0.25) is 0 Å². The molecule has 0 bridgehead atoms. The summed E-state index contributed by atoms with van der Waals surface area (Å²) in [5, 5.41) is 13.8. The minimum absolute atomic E-state index is 0.167. The summed E-state index contributed by atoms with van der Waals surface area (Å²) in [4.78, 5) is 0. The second kappa shape index (κ2) is 9.06. The lowest BCUT2D eigenvalue weighted by Crippen LogP contribution is -2.00. The van der Waals surface area contributed by atoms with Crippen LogP contribution in [0.5, 0.6) is 0 Å². The first-order valence-electron chi connectivity index (χ1n) is 2.06. The molecule has 0 saturated heterocycles. The molecule has 0 rings (SSSR count). The molecule has 0 amide bonds. The molecule has 0 aromatic rings. The number of amidine groups is 1. The quantitative estimate of drug-likeness (QED) is 0.297. The second-order valence-electron chi connectivity index (χ2n) is 0.999. The van der Waals surface area contributed by atoms with Gasteiger partial charge in [-0.2, -0.15) is 0 Å². The fraction of sp³-hybridized carbons (Fsp3) is 0.750. The number of hydrogen-bond acceptors (Lipinski definition) is 2. The van der Waals surface area contributed by atoms with Crippen LogP contribution in [0.1, 0.15) is 13.8 Å². The molecule has 3 heteroatoms. The molecule has 0 aliphatic rings. The first-order valence-corrected chi connectivity index (χ1v) is 2.06. The zero-order chi connectivity index (χ0) is 6.28. The number of aliphatic hydroxyl groups excluding tert-OH is 1. The average Bonchev–Trinajstić information content (AvgIpc) is 1.33. The van der Waals surface area contributed by atoms with Crippen LogP contribution in [-0.2, 0) is 0 Å². The topological polar surface area (TPSA) is 70.1 Å². The van der Waals surface area contributed by atoms with Crippen molar-refractivity contribution < 1.29 is 5.11 Å². The summed E-state index contributed by atoms with van der Waals surface area (Å²) in [5.74, 6) is 0.167. The van der Waals surface area contributed by atoms with E-state index in [0.29, 0.717) is 0 Å². The second-order valence-corrected chi connectivity index (χ2v) is 0.999. The molecule has 0 aromatic carbocycles. The van der Waals surface area contributed by atoms with Crippen LogP contribution in [0.2, 0.25) is 0 Å². The van der Waals surface area contributed by atoms with Crippen LogP contribution in [0.15, 0.2) is 0 Å². The van der Waals surface area contributed by atoms with Gasteiger partial charge in [-0.15, -0.1) is 0 Å². The molecule has 44 valence electrons. The molecule has 0 spiro atoms. The highest BCUT2D eigenvalue weighted by atomic mass is 16.2. The van der Waals surface area contributed by atoms with E-state index in [1.165, 1.54) is 6.92 Å². The molecule has 0 aliphatic heterocycles. The van der Waals surface area contributed by atoms with Gasteiger partial charge < -0.3 is 10.8 Å². The van der Waals surface area contributed by atoms with Crippen LogP contribution in [0.25, 0.3) is 0 Å². The van der Waals surface area contributed by atoms with Crippen LogP contribution in [-0.4, -0.2) is 17.5 Å². The predicted molar refractivity (Wildman–Crippen MR) is 30.3 cm³/mol. The third kappa shape index (κ3) is 197. The summed E-state index contributed by atoms with van der Waals surface area (Å²) in [6.45, 7) is 3.46. The Morgan fingerprint density at radius 2 is 1.86 bits per heavy atom. The maximum Gasteiger partial charge on any atom is 0.0873 e. The number of hydrogen-bond donors (Lipinski definition) is 3. The monoisotopic (exact) mass is 104 g/mol. The van der Waals surface area contributed by atoms with Gasteiger partial charge in [-0.25, -0.2) is 0 Å². The van der Waals surface area contributed by atoms with Gasteiger partial charge >= 0.3 is 0 Å². The minimum atomic E-state index is 0.167. The van der Waals surface area contributed by atoms with Crippen molar-refractivity contribution in [3.63, 3.8) is 0 Å². The van der Waals surface area contributed by atoms with Crippen LogP contribution in [0, 0.1) is 5.41 Å². The van der Waals surface area contributed by atoms with E-state index in [1.54, 1.807) is 6.92 Å². The highest BCUT2D eigenvalue weighted by molar-refractivity contribution is 5.73. The normalized spacial score (nSPS) is 6.14. The Kier molecular flexibility index (Phi) is 12.5. The van der Waals surface area contributed by atoms with E-state index < -0.39 is 0 Å². The fourth-order valence-electron chi connectivity index (χ4n) is 0. The Balaban J connectivity index is 0. The van der Waals surface area contributed by atoms with Gasteiger partial charge in [0.25, 0.3) is 0 Å². The smallest absolute Gasteiger partial charge is 0.0873 e. The van der Waals surface area contributed by atoms with Gasteiger partial charge in [-0.05, 0) is 13.8 Å². The standard InChI is InChI=1S/C2H6N2.C2H6O/c1-2(3)4;1-2-3/h1H3,(H3,3,4);3H,2H2,1H3. The Morgan fingerprint density at radius 1 is 1.86 bits per heavy atom. The van der Waals surface area contributed by atoms with Gasteiger partial charge in [0.15, 0.2) is 0 Å². The number of nitrogens with two attached hydrogens (primary N) is 1. The Morgan fingerprint density at radius 3 is 1.86 bits per heavy atom. The highest BCUT2D eigenvalue weighted by Gasteiger charge is 1.53. The van der Waals surface area contributed by atoms with E-state index in [1.807, 2.05) is 0 Å².